The highest BCUT2D eigenvalue weighted by molar-refractivity contribution is 9.10. The fourth-order valence-corrected chi connectivity index (χ4v) is 2.92. The van der Waals surface area contributed by atoms with Crippen LogP contribution >= 0.6 is 27.7 Å². The van der Waals surface area contributed by atoms with Crippen molar-refractivity contribution in [2.45, 2.75) is 17.4 Å². The molecule has 0 amide bonds. The van der Waals surface area contributed by atoms with Crippen molar-refractivity contribution in [1.29, 1.82) is 0 Å². The number of aliphatic hydroxyl groups excluding tert-OH is 1. The number of rotatable bonds is 5. The van der Waals surface area contributed by atoms with Crippen LogP contribution in [0.5, 0.6) is 0 Å². The molecule has 1 aromatic carbocycles. The van der Waals surface area contributed by atoms with Gasteiger partial charge in [0.15, 0.2) is 5.82 Å². The van der Waals surface area contributed by atoms with E-state index in [1.807, 2.05) is 24.3 Å². The number of thioether (sulfide) groups is 1. The largest absolute Gasteiger partial charge is 0.392 e. The van der Waals surface area contributed by atoms with Crippen molar-refractivity contribution in [3.63, 3.8) is 0 Å². The van der Waals surface area contributed by atoms with E-state index in [-0.39, 0.29) is 0 Å². The number of halogens is 1. The molecule has 0 saturated carbocycles. The number of tetrazole rings is 1. The molecule has 0 aliphatic rings. The first-order chi connectivity index (χ1) is 8.65. The maximum Gasteiger partial charge on any atom is 0.177 e. The van der Waals surface area contributed by atoms with Gasteiger partial charge in [0.2, 0.25) is 0 Å². The molecule has 0 aliphatic heterocycles. The third-order valence-electron chi connectivity index (χ3n) is 2.24. The Morgan fingerprint density at radius 1 is 1.44 bits per heavy atom. The van der Waals surface area contributed by atoms with E-state index in [0.29, 0.717) is 18.0 Å². The van der Waals surface area contributed by atoms with Crippen molar-refractivity contribution in [2.24, 2.45) is 7.05 Å². The van der Waals surface area contributed by atoms with E-state index < -0.39 is 6.10 Å². The average molecular weight is 329 g/mol. The Morgan fingerprint density at radius 2 is 2.22 bits per heavy atom. The minimum atomic E-state index is -0.480. The molecule has 5 nitrogen and oxygen atoms in total. The minimum Gasteiger partial charge on any atom is -0.392 e. The van der Waals surface area contributed by atoms with Crippen molar-refractivity contribution >= 4 is 27.7 Å². The summed E-state index contributed by atoms with van der Waals surface area (Å²) in [5.41, 5.74) is 0. The second-order valence-corrected chi connectivity index (χ2v) is 5.71. The summed E-state index contributed by atoms with van der Waals surface area (Å²) in [6.07, 6.45) is -0.0584. The van der Waals surface area contributed by atoms with Gasteiger partial charge in [0.05, 0.1) is 13.2 Å². The zero-order valence-electron chi connectivity index (χ0n) is 9.82. The summed E-state index contributed by atoms with van der Waals surface area (Å²) in [5.74, 6) is 1.17. The molecule has 96 valence electrons. The Morgan fingerprint density at radius 3 is 2.89 bits per heavy atom. The molecule has 1 N–H and O–H groups in total. The van der Waals surface area contributed by atoms with Crippen LogP contribution in [0.25, 0.3) is 0 Å². The molecule has 0 bridgehead atoms. The highest BCUT2D eigenvalue weighted by Crippen LogP contribution is 2.27. The van der Waals surface area contributed by atoms with E-state index in [9.17, 15) is 5.11 Å². The highest BCUT2D eigenvalue weighted by Gasteiger charge is 2.11. The van der Waals surface area contributed by atoms with Crippen molar-refractivity contribution in [3.05, 3.63) is 34.6 Å². The maximum absolute atomic E-state index is 9.91. The predicted octanol–water partition coefficient (Wildman–Crippen LogP) is 1.67. The first-order valence-electron chi connectivity index (χ1n) is 5.43. The Bertz CT molecular complexity index is 519. The van der Waals surface area contributed by atoms with Gasteiger partial charge in [0, 0.05) is 21.5 Å². The van der Waals surface area contributed by atoms with E-state index in [1.54, 1.807) is 18.8 Å². The van der Waals surface area contributed by atoms with Gasteiger partial charge in [-0.15, -0.1) is 22.0 Å². The summed E-state index contributed by atoms with van der Waals surface area (Å²) >= 11 is 5.08. The van der Waals surface area contributed by atoms with Crippen LogP contribution in [0.15, 0.2) is 33.6 Å². The first kappa shape index (κ1) is 13.5. The normalized spacial score (nSPS) is 12.6. The van der Waals surface area contributed by atoms with Gasteiger partial charge in [-0.05, 0) is 33.3 Å². The van der Waals surface area contributed by atoms with Crippen LogP contribution in [0.1, 0.15) is 5.82 Å². The smallest absolute Gasteiger partial charge is 0.177 e. The van der Waals surface area contributed by atoms with Crippen molar-refractivity contribution in [1.82, 2.24) is 20.2 Å². The molecular weight excluding hydrogens is 316 g/mol. The maximum atomic E-state index is 9.91. The number of aromatic nitrogens is 4. The summed E-state index contributed by atoms with van der Waals surface area (Å²) in [7, 11) is 1.71. The van der Waals surface area contributed by atoms with E-state index >= 15 is 0 Å². The molecule has 0 aliphatic carbocycles. The van der Waals surface area contributed by atoms with Crippen LogP contribution in [0, 0.1) is 0 Å². The average Bonchev–Trinajstić information content (AvgIpc) is 2.74. The fraction of sp³-hybridized carbons (Fsp3) is 0.364. The Kier molecular flexibility index (Phi) is 4.73. The number of aliphatic hydroxyl groups is 1. The quantitative estimate of drug-likeness (QED) is 0.846. The Balaban J connectivity index is 1.85. The van der Waals surface area contributed by atoms with Crippen LogP contribution in [0.3, 0.4) is 0 Å². The molecule has 1 atom stereocenters. The third kappa shape index (κ3) is 3.79. The molecule has 0 radical (unpaired) electrons. The summed E-state index contributed by atoms with van der Waals surface area (Å²) < 4.78 is 1.04. The predicted molar refractivity (Wildman–Crippen MR) is 73.4 cm³/mol. The number of hydrogen-bond acceptors (Lipinski definition) is 5. The van der Waals surface area contributed by atoms with Crippen LogP contribution in [0.2, 0.25) is 0 Å². The third-order valence-corrected chi connectivity index (χ3v) is 4.41. The standard InChI is InChI=1S/C11H13BrN4OS/c1-16-14-11(13-15-16)6-8(17)7-18-10-5-3-2-4-9(10)12/h2-5,8,17H,6-7H2,1H3. The zero-order chi connectivity index (χ0) is 13.0. The molecule has 1 unspecified atom stereocenters. The number of benzene rings is 1. The first-order valence-corrected chi connectivity index (χ1v) is 7.21. The molecule has 1 aromatic heterocycles. The minimum absolute atomic E-state index is 0.422. The number of nitrogens with zero attached hydrogens (tertiary/aromatic N) is 4. The number of aryl methyl sites for hydroxylation is 1. The molecule has 2 rings (SSSR count). The summed E-state index contributed by atoms with van der Waals surface area (Å²) in [6.45, 7) is 0. The van der Waals surface area contributed by atoms with Gasteiger partial charge in [0.25, 0.3) is 0 Å². The van der Waals surface area contributed by atoms with Crippen molar-refractivity contribution < 1.29 is 5.11 Å². The van der Waals surface area contributed by atoms with Gasteiger partial charge in [-0.1, -0.05) is 12.1 Å². The molecule has 1 heterocycles. The van der Waals surface area contributed by atoms with E-state index in [1.165, 1.54) is 4.80 Å². The Labute approximate surface area is 118 Å². The fourth-order valence-electron chi connectivity index (χ4n) is 1.42. The van der Waals surface area contributed by atoms with E-state index in [4.69, 9.17) is 0 Å². The molecule has 18 heavy (non-hydrogen) atoms. The molecule has 2 aromatic rings. The molecular formula is C11H13BrN4OS. The molecule has 0 saturated heterocycles. The second kappa shape index (κ2) is 6.31. The molecule has 7 heteroatoms. The Hall–Kier alpha value is -0.920. The zero-order valence-corrected chi connectivity index (χ0v) is 12.2. The van der Waals surface area contributed by atoms with Gasteiger partial charge in [0.1, 0.15) is 0 Å². The number of hydrogen-bond donors (Lipinski definition) is 1. The SMILES string of the molecule is Cn1nnc(CC(O)CSc2ccccc2Br)n1. The lowest BCUT2D eigenvalue weighted by Crippen LogP contribution is -2.14. The topological polar surface area (TPSA) is 63.8 Å². The molecule has 0 fully saturated rings. The second-order valence-electron chi connectivity index (χ2n) is 3.79. The van der Waals surface area contributed by atoms with Crippen molar-refractivity contribution in [2.75, 3.05) is 5.75 Å². The summed E-state index contributed by atoms with van der Waals surface area (Å²) in [6, 6.07) is 7.94. The molecule has 0 spiro atoms. The van der Waals surface area contributed by atoms with Gasteiger partial charge >= 0.3 is 0 Å². The van der Waals surface area contributed by atoms with Gasteiger partial charge < -0.3 is 5.11 Å². The lowest BCUT2D eigenvalue weighted by atomic mass is 10.3. The van der Waals surface area contributed by atoms with Crippen LogP contribution in [0.4, 0.5) is 0 Å². The highest BCUT2D eigenvalue weighted by atomic mass is 79.9. The van der Waals surface area contributed by atoms with E-state index in [2.05, 4.69) is 31.3 Å². The van der Waals surface area contributed by atoms with Crippen LogP contribution in [-0.2, 0) is 13.5 Å². The summed E-state index contributed by atoms with van der Waals surface area (Å²) in [4.78, 5) is 2.51. The van der Waals surface area contributed by atoms with Gasteiger partial charge in [-0.3, -0.25) is 0 Å². The van der Waals surface area contributed by atoms with Crippen LogP contribution in [-0.4, -0.2) is 37.2 Å². The lowest BCUT2D eigenvalue weighted by Gasteiger charge is -2.08. The van der Waals surface area contributed by atoms with Gasteiger partial charge in [-0.2, -0.15) is 4.80 Å². The van der Waals surface area contributed by atoms with Crippen LogP contribution < -0.4 is 0 Å². The monoisotopic (exact) mass is 328 g/mol. The lowest BCUT2D eigenvalue weighted by molar-refractivity contribution is 0.197. The van der Waals surface area contributed by atoms with Gasteiger partial charge in [-0.25, -0.2) is 0 Å². The summed E-state index contributed by atoms with van der Waals surface area (Å²) in [5, 5.41) is 21.5. The van der Waals surface area contributed by atoms with Crippen molar-refractivity contribution in [3.8, 4) is 0 Å². The van der Waals surface area contributed by atoms with E-state index in [0.717, 1.165) is 9.37 Å².